The van der Waals surface area contributed by atoms with E-state index in [2.05, 4.69) is 28.8 Å². The number of aryl methyl sites for hydroxylation is 2. The number of carbonyl (C=O) groups is 1. The van der Waals surface area contributed by atoms with Crippen molar-refractivity contribution in [1.29, 1.82) is 0 Å². The number of thioether (sulfide) groups is 1. The van der Waals surface area contributed by atoms with Gasteiger partial charge in [-0.15, -0.1) is 11.8 Å². The Morgan fingerprint density at radius 3 is 2.56 bits per heavy atom. The minimum absolute atomic E-state index is 0.0981. The molecule has 0 radical (unpaired) electrons. The summed E-state index contributed by atoms with van der Waals surface area (Å²) in [6, 6.07) is 25.0. The van der Waals surface area contributed by atoms with E-state index in [4.69, 9.17) is 4.74 Å². The molecule has 1 fully saturated rings. The molecule has 210 valence electrons. The van der Waals surface area contributed by atoms with E-state index in [0.29, 0.717) is 18.7 Å². The maximum absolute atomic E-state index is 14.6. The summed E-state index contributed by atoms with van der Waals surface area (Å²) in [6.45, 7) is 0.705. The van der Waals surface area contributed by atoms with Gasteiger partial charge in [0, 0.05) is 45.9 Å². The van der Waals surface area contributed by atoms with Gasteiger partial charge in [-0.25, -0.2) is 8.78 Å². The Bertz CT molecular complexity index is 1560. The molecule has 2 N–H and O–H groups in total. The van der Waals surface area contributed by atoms with Crippen LogP contribution < -0.4 is 15.4 Å². The van der Waals surface area contributed by atoms with Crippen LogP contribution >= 0.6 is 11.8 Å². The standard InChI is InChI=1S/C33H31F2N3O2S/c1-40-26-11-13-27(14-12-26)41-28-18-32(38(20-28)19-23-16-24(34)9-15-29(23)35)33(39)36-25-10-8-22-7-6-21-4-2-3-5-30(21)37-31(22)17-25/h2-5,8-17,28,32,37H,6-7,18-20H2,1H3,(H,36,39)/t28-,32-/m0/s1. The van der Waals surface area contributed by atoms with E-state index in [9.17, 15) is 13.6 Å². The quantitative estimate of drug-likeness (QED) is 0.246. The molecule has 4 aromatic rings. The number of hydrogen-bond acceptors (Lipinski definition) is 5. The highest BCUT2D eigenvalue weighted by atomic mass is 32.2. The lowest BCUT2D eigenvalue weighted by Crippen LogP contribution is -2.39. The SMILES string of the molecule is COc1ccc(S[C@H]2C[C@@H](C(=O)Nc3ccc4c(c3)Nc3ccccc3CC4)N(Cc3cc(F)ccc3F)C2)cc1. The molecule has 8 heteroatoms. The maximum atomic E-state index is 14.6. The van der Waals surface area contributed by atoms with Crippen LogP contribution in [0.1, 0.15) is 23.1 Å². The highest BCUT2D eigenvalue weighted by Gasteiger charge is 2.37. The fourth-order valence-corrected chi connectivity index (χ4v) is 6.84. The van der Waals surface area contributed by atoms with E-state index in [1.54, 1.807) is 18.9 Å². The van der Waals surface area contributed by atoms with Crippen molar-refractivity contribution in [3.05, 3.63) is 113 Å². The van der Waals surface area contributed by atoms with Gasteiger partial charge in [0.05, 0.1) is 13.2 Å². The predicted molar refractivity (Wildman–Crippen MR) is 160 cm³/mol. The van der Waals surface area contributed by atoms with Gasteiger partial charge >= 0.3 is 0 Å². The number of amides is 1. The second-order valence-corrected chi connectivity index (χ2v) is 11.8. The Kier molecular flexibility index (Phi) is 7.94. The Hall–Kier alpha value is -3.88. The molecule has 0 aliphatic carbocycles. The van der Waals surface area contributed by atoms with Gasteiger partial charge in [-0.2, -0.15) is 0 Å². The van der Waals surface area contributed by atoms with Crippen molar-refractivity contribution in [2.24, 2.45) is 0 Å². The normalized spacial score (nSPS) is 18.1. The van der Waals surface area contributed by atoms with Crippen molar-refractivity contribution in [2.75, 3.05) is 24.3 Å². The van der Waals surface area contributed by atoms with Crippen molar-refractivity contribution >= 4 is 34.7 Å². The largest absolute Gasteiger partial charge is 0.497 e. The summed E-state index contributed by atoms with van der Waals surface area (Å²) in [5.41, 5.74) is 5.45. The summed E-state index contributed by atoms with van der Waals surface area (Å²) >= 11 is 1.68. The average Bonchev–Trinajstić information content (AvgIpc) is 3.27. The van der Waals surface area contributed by atoms with Crippen LogP contribution in [0, 0.1) is 11.6 Å². The fourth-order valence-electron chi connectivity index (χ4n) is 5.61. The van der Waals surface area contributed by atoms with Crippen LogP contribution in [0.3, 0.4) is 0 Å². The first-order valence-corrected chi connectivity index (χ1v) is 14.6. The molecule has 4 aromatic carbocycles. The first kappa shape index (κ1) is 27.3. The Balaban J connectivity index is 1.21. The van der Waals surface area contributed by atoms with Crippen LogP contribution in [0.4, 0.5) is 25.8 Å². The van der Waals surface area contributed by atoms with Crippen LogP contribution in [0.5, 0.6) is 5.75 Å². The van der Waals surface area contributed by atoms with Gasteiger partial charge in [-0.3, -0.25) is 9.69 Å². The maximum Gasteiger partial charge on any atom is 0.241 e. The Morgan fingerprint density at radius 2 is 1.76 bits per heavy atom. The number of hydrogen-bond donors (Lipinski definition) is 2. The lowest BCUT2D eigenvalue weighted by molar-refractivity contribution is -0.120. The molecule has 1 amide bonds. The predicted octanol–water partition coefficient (Wildman–Crippen LogP) is 7.19. The second kappa shape index (κ2) is 11.9. The molecule has 0 aromatic heterocycles. The summed E-state index contributed by atoms with van der Waals surface area (Å²) in [6.07, 6.45) is 2.44. The van der Waals surface area contributed by atoms with Crippen molar-refractivity contribution in [3.63, 3.8) is 0 Å². The van der Waals surface area contributed by atoms with Crippen LogP contribution in [-0.4, -0.2) is 35.8 Å². The molecule has 0 spiro atoms. The number of para-hydroxylation sites is 1. The van der Waals surface area contributed by atoms with Gasteiger partial charge in [-0.05, 0) is 91.1 Å². The second-order valence-electron chi connectivity index (χ2n) is 10.5. The van der Waals surface area contributed by atoms with E-state index in [-0.39, 0.29) is 23.3 Å². The first-order chi connectivity index (χ1) is 19.9. The third kappa shape index (κ3) is 6.24. The van der Waals surface area contributed by atoms with Gasteiger partial charge < -0.3 is 15.4 Å². The molecule has 41 heavy (non-hydrogen) atoms. The molecule has 2 atom stereocenters. The van der Waals surface area contributed by atoms with E-state index >= 15 is 0 Å². The lowest BCUT2D eigenvalue weighted by atomic mass is 10.0. The molecule has 0 bridgehead atoms. The Morgan fingerprint density at radius 1 is 0.976 bits per heavy atom. The number of likely N-dealkylation sites (tertiary alicyclic amines) is 1. The van der Waals surface area contributed by atoms with Crippen molar-refractivity contribution in [2.45, 2.75) is 42.0 Å². The van der Waals surface area contributed by atoms with Crippen LogP contribution in [-0.2, 0) is 24.2 Å². The molecule has 0 unspecified atom stereocenters. The van der Waals surface area contributed by atoms with E-state index < -0.39 is 17.7 Å². The highest BCUT2D eigenvalue weighted by molar-refractivity contribution is 8.00. The van der Waals surface area contributed by atoms with Crippen molar-refractivity contribution in [1.82, 2.24) is 4.90 Å². The molecular formula is C33H31F2N3O2S. The van der Waals surface area contributed by atoms with Gasteiger partial charge in [0.2, 0.25) is 5.91 Å². The zero-order chi connectivity index (χ0) is 28.3. The van der Waals surface area contributed by atoms with Gasteiger partial charge in [0.1, 0.15) is 17.4 Å². The number of fused-ring (bicyclic) bond motifs is 2. The molecule has 1 saturated heterocycles. The number of methoxy groups -OCH3 is 1. The van der Waals surface area contributed by atoms with Crippen LogP contribution in [0.2, 0.25) is 0 Å². The summed E-state index contributed by atoms with van der Waals surface area (Å²) in [4.78, 5) is 16.7. The van der Waals surface area contributed by atoms with Gasteiger partial charge in [0.15, 0.2) is 0 Å². The number of halogens is 2. The number of nitrogens with one attached hydrogen (secondary N) is 2. The summed E-state index contributed by atoms with van der Waals surface area (Å²) in [5.74, 6) is -0.354. The number of benzene rings is 4. The number of nitrogens with zero attached hydrogens (tertiary/aromatic N) is 1. The van der Waals surface area contributed by atoms with E-state index in [1.807, 2.05) is 53.4 Å². The molecule has 2 aliphatic rings. The minimum atomic E-state index is -0.499. The highest BCUT2D eigenvalue weighted by Crippen LogP contribution is 2.36. The van der Waals surface area contributed by atoms with E-state index in [0.717, 1.165) is 47.0 Å². The molecule has 2 aliphatic heterocycles. The first-order valence-electron chi connectivity index (χ1n) is 13.7. The number of anilines is 3. The number of rotatable bonds is 7. The average molecular weight is 572 g/mol. The minimum Gasteiger partial charge on any atom is -0.497 e. The summed E-state index contributed by atoms with van der Waals surface area (Å²) in [5, 5.41) is 6.73. The Labute approximate surface area is 242 Å². The van der Waals surface area contributed by atoms with Crippen LogP contribution in [0.15, 0.2) is 89.8 Å². The molecular weight excluding hydrogens is 540 g/mol. The number of ether oxygens (including phenoxy) is 1. The third-order valence-electron chi connectivity index (χ3n) is 7.74. The van der Waals surface area contributed by atoms with Crippen molar-refractivity contribution < 1.29 is 18.3 Å². The lowest BCUT2D eigenvalue weighted by Gasteiger charge is -2.24. The molecule has 6 rings (SSSR count). The zero-order valence-corrected chi connectivity index (χ0v) is 23.5. The smallest absolute Gasteiger partial charge is 0.241 e. The summed E-state index contributed by atoms with van der Waals surface area (Å²) in [7, 11) is 1.63. The van der Waals surface area contributed by atoms with Crippen LogP contribution in [0.25, 0.3) is 0 Å². The van der Waals surface area contributed by atoms with Gasteiger partial charge in [-0.1, -0.05) is 24.3 Å². The monoisotopic (exact) mass is 571 g/mol. The number of carbonyl (C=O) groups excluding carboxylic acids is 1. The van der Waals surface area contributed by atoms with Crippen molar-refractivity contribution in [3.8, 4) is 5.75 Å². The third-order valence-corrected chi connectivity index (χ3v) is 8.96. The zero-order valence-electron chi connectivity index (χ0n) is 22.7. The molecule has 5 nitrogen and oxygen atoms in total. The molecule has 0 saturated carbocycles. The fraction of sp³-hybridized carbons (Fsp3) is 0.242. The topological polar surface area (TPSA) is 53.6 Å². The molecule has 2 heterocycles. The van der Waals surface area contributed by atoms with Gasteiger partial charge in [0.25, 0.3) is 0 Å². The van der Waals surface area contributed by atoms with E-state index in [1.165, 1.54) is 17.2 Å². The summed E-state index contributed by atoms with van der Waals surface area (Å²) < 4.78 is 33.8.